The zero-order valence-electron chi connectivity index (χ0n) is 17.1. The van der Waals surface area contributed by atoms with Crippen molar-refractivity contribution >= 4 is 11.7 Å². The summed E-state index contributed by atoms with van der Waals surface area (Å²) in [6.07, 6.45) is 7.61. The van der Waals surface area contributed by atoms with Crippen LogP contribution in [0, 0.1) is 11.3 Å². The van der Waals surface area contributed by atoms with Crippen LogP contribution in [0.3, 0.4) is 0 Å². The van der Waals surface area contributed by atoms with Gasteiger partial charge in [0, 0.05) is 24.5 Å². The number of alkyl carbamates (subject to hydrolysis) is 1. The maximum absolute atomic E-state index is 11.8. The van der Waals surface area contributed by atoms with Gasteiger partial charge in [-0.15, -0.1) is 0 Å². The van der Waals surface area contributed by atoms with Crippen molar-refractivity contribution in [2.24, 2.45) is 0 Å². The molecule has 1 N–H and O–H groups in total. The molecule has 0 bridgehead atoms. The van der Waals surface area contributed by atoms with E-state index in [0.29, 0.717) is 19.0 Å². The number of nitrogens with one attached hydrogen (secondary N) is 1. The maximum atomic E-state index is 11.8. The lowest BCUT2D eigenvalue weighted by atomic mass is 9.89. The smallest absolute Gasteiger partial charge is 0.407 e. The van der Waals surface area contributed by atoms with Crippen LogP contribution in [0.15, 0.2) is 24.5 Å². The third kappa shape index (κ3) is 4.82. The van der Waals surface area contributed by atoms with Crippen LogP contribution in [0.5, 0.6) is 0 Å². The van der Waals surface area contributed by atoms with Gasteiger partial charge in [-0.3, -0.25) is 4.90 Å². The van der Waals surface area contributed by atoms with Gasteiger partial charge in [-0.2, -0.15) is 5.26 Å². The number of rotatable bonds is 6. The van der Waals surface area contributed by atoms with E-state index in [1.54, 1.807) is 0 Å². The van der Waals surface area contributed by atoms with Gasteiger partial charge in [-0.25, -0.2) is 9.78 Å². The Morgan fingerprint density at radius 3 is 2.79 bits per heavy atom. The van der Waals surface area contributed by atoms with Crippen LogP contribution in [0.1, 0.15) is 63.8 Å². The Labute approximate surface area is 166 Å². The summed E-state index contributed by atoms with van der Waals surface area (Å²) in [5, 5.41) is 12.0. The number of carbonyl (C=O) groups excluding carboxylic acids is 1. The van der Waals surface area contributed by atoms with Gasteiger partial charge in [0.1, 0.15) is 11.2 Å². The van der Waals surface area contributed by atoms with E-state index in [1.165, 1.54) is 19.3 Å². The largest absolute Gasteiger partial charge is 0.444 e. The number of ether oxygens (including phenoxy) is 1. The van der Waals surface area contributed by atoms with E-state index >= 15 is 0 Å². The molecule has 1 aliphatic carbocycles. The van der Waals surface area contributed by atoms with Crippen molar-refractivity contribution in [1.29, 1.82) is 5.26 Å². The lowest BCUT2D eigenvalue weighted by Crippen LogP contribution is -2.39. The molecule has 7 heteroatoms. The number of carbonyl (C=O) groups is 1. The minimum atomic E-state index is -0.528. The van der Waals surface area contributed by atoms with Crippen molar-refractivity contribution in [2.45, 2.75) is 70.7 Å². The van der Waals surface area contributed by atoms with Crippen molar-refractivity contribution in [2.75, 3.05) is 7.05 Å². The van der Waals surface area contributed by atoms with Crippen LogP contribution in [0.2, 0.25) is 0 Å². The molecule has 1 fully saturated rings. The summed E-state index contributed by atoms with van der Waals surface area (Å²) in [4.78, 5) is 18.7. The number of amides is 1. The fraction of sp³-hybridized carbons (Fsp3) is 0.571. The molecule has 7 nitrogen and oxygen atoms in total. The Morgan fingerprint density at radius 1 is 1.43 bits per heavy atom. The summed E-state index contributed by atoms with van der Waals surface area (Å²) < 4.78 is 7.21. The molecule has 2 aromatic rings. The SMILES string of the molecule is CN(C1CCC1)C(CC#N)c1ccc2nc(CNC(=O)OC(C)(C)C)cn2c1. The van der Waals surface area contributed by atoms with Crippen LogP contribution >= 0.6 is 0 Å². The Hall–Kier alpha value is -2.59. The summed E-state index contributed by atoms with van der Waals surface area (Å²) in [7, 11) is 2.11. The fourth-order valence-electron chi connectivity index (χ4n) is 3.45. The minimum Gasteiger partial charge on any atom is -0.444 e. The van der Waals surface area contributed by atoms with Crippen molar-refractivity contribution in [3.05, 3.63) is 35.8 Å². The van der Waals surface area contributed by atoms with Crippen LogP contribution in [-0.4, -0.2) is 39.1 Å². The first-order chi connectivity index (χ1) is 13.3. The van der Waals surface area contributed by atoms with Crippen molar-refractivity contribution in [3.63, 3.8) is 0 Å². The van der Waals surface area contributed by atoms with Crippen LogP contribution in [0.25, 0.3) is 5.65 Å². The highest BCUT2D eigenvalue weighted by molar-refractivity contribution is 5.67. The molecule has 0 radical (unpaired) electrons. The second-order valence-corrected chi connectivity index (χ2v) is 8.44. The molecule has 1 atom stereocenters. The van der Waals surface area contributed by atoms with E-state index in [0.717, 1.165) is 16.9 Å². The standard InChI is InChI=1S/C21H29N5O2/c1-21(2,3)28-20(27)23-12-16-14-26-13-15(8-9-19(26)24-16)18(10-11-22)25(4)17-6-5-7-17/h8-9,13-14,17-18H,5-7,10,12H2,1-4H3,(H,23,27). The fourth-order valence-corrected chi connectivity index (χ4v) is 3.45. The normalized spacial score (nSPS) is 15.9. The van der Waals surface area contributed by atoms with Gasteiger partial charge in [-0.1, -0.05) is 12.5 Å². The highest BCUT2D eigenvalue weighted by atomic mass is 16.6. The van der Waals surface area contributed by atoms with E-state index in [1.807, 2.05) is 49.7 Å². The molecule has 1 aliphatic rings. The minimum absolute atomic E-state index is 0.0745. The van der Waals surface area contributed by atoms with Gasteiger partial charge in [0.05, 0.1) is 24.7 Å². The first-order valence-electron chi connectivity index (χ1n) is 9.80. The van der Waals surface area contributed by atoms with Gasteiger partial charge in [0.15, 0.2) is 0 Å². The van der Waals surface area contributed by atoms with Gasteiger partial charge in [0.2, 0.25) is 0 Å². The quantitative estimate of drug-likeness (QED) is 0.820. The Balaban J connectivity index is 1.72. The first-order valence-corrected chi connectivity index (χ1v) is 9.80. The highest BCUT2D eigenvalue weighted by Crippen LogP contribution is 2.32. The number of fused-ring (bicyclic) bond motifs is 1. The highest BCUT2D eigenvalue weighted by Gasteiger charge is 2.28. The van der Waals surface area contributed by atoms with Crippen molar-refractivity contribution in [1.82, 2.24) is 19.6 Å². The molecule has 2 aromatic heterocycles. The summed E-state index contributed by atoms with van der Waals surface area (Å²) in [6.45, 7) is 5.79. The molecular weight excluding hydrogens is 354 g/mol. The van der Waals surface area contributed by atoms with Gasteiger partial charge in [0.25, 0.3) is 0 Å². The van der Waals surface area contributed by atoms with Crippen molar-refractivity contribution < 1.29 is 9.53 Å². The molecule has 1 saturated carbocycles. The second-order valence-electron chi connectivity index (χ2n) is 8.44. The summed E-state index contributed by atoms with van der Waals surface area (Å²) in [5.41, 5.74) is 2.14. The average Bonchev–Trinajstić information content (AvgIpc) is 2.96. The van der Waals surface area contributed by atoms with Crippen LogP contribution < -0.4 is 5.32 Å². The van der Waals surface area contributed by atoms with E-state index in [-0.39, 0.29) is 6.04 Å². The zero-order chi connectivity index (χ0) is 20.3. The third-order valence-corrected chi connectivity index (χ3v) is 5.15. The van der Waals surface area contributed by atoms with E-state index < -0.39 is 11.7 Å². The zero-order valence-corrected chi connectivity index (χ0v) is 17.1. The molecule has 2 heterocycles. The molecule has 1 unspecified atom stereocenters. The topological polar surface area (TPSA) is 82.7 Å². The van der Waals surface area contributed by atoms with Gasteiger partial charge in [-0.05, 0) is 52.3 Å². The first kappa shape index (κ1) is 20.2. The summed E-state index contributed by atoms with van der Waals surface area (Å²) in [5.74, 6) is 0. The second kappa shape index (κ2) is 8.19. The van der Waals surface area contributed by atoms with E-state index in [9.17, 15) is 10.1 Å². The molecular formula is C21H29N5O2. The van der Waals surface area contributed by atoms with E-state index in [4.69, 9.17) is 4.74 Å². The van der Waals surface area contributed by atoms with Crippen LogP contribution in [0.4, 0.5) is 4.79 Å². The van der Waals surface area contributed by atoms with Gasteiger partial charge < -0.3 is 14.5 Å². The number of pyridine rings is 1. The number of aromatic nitrogens is 2. The predicted octanol–water partition coefficient (Wildman–Crippen LogP) is 3.80. The molecule has 150 valence electrons. The molecule has 0 aromatic carbocycles. The van der Waals surface area contributed by atoms with Gasteiger partial charge >= 0.3 is 6.09 Å². The average molecular weight is 383 g/mol. The molecule has 1 amide bonds. The Morgan fingerprint density at radius 2 is 2.18 bits per heavy atom. The molecule has 0 aliphatic heterocycles. The number of hydrogen-bond donors (Lipinski definition) is 1. The number of nitrogens with zero attached hydrogens (tertiary/aromatic N) is 4. The monoisotopic (exact) mass is 383 g/mol. The summed E-state index contributed by atoms with van der Waals surface area (Å²) >= 11 is 0. The van der Waals surface area contributed by atoms with Crippen LogP contribution in [-0.2, 0) is 11.3 Å². The maximum Gasteiger partial charge on any atom is 0.407 e. The number of hydrogen-bond acceptors (Lipinski definition) is 5. The Bertz CT molecular complexity index is 873. The van der Waals surface area contributed by atoms with E-state index in [2.05, 4.69) is 28.3 Å². The molecule has 28 heavy (non-hydrogen) atoms. The molecule has 3 rings (SSSR count). The number of imidazole rings is 1. The Kier molecular flexibility index (Phi) is 5.90. The lowest BCUT2D eigenvalue weighted by molar-refractivity contribution is 0.0523. The lowest BCUT2D eigenvalue weighted by Gasteiger charge is -2.39. The molecule has 0 spiro atoms. The van der Waals surface area contributed by atoms with Crippen molar-refractivity contribution in [3.8, 4) is 6.07 Å². The predicted molar refractivity (Wildman–Crippen MR) is 107 cm³/mol. The third-order valence-electron chi connectivity index (χ3n) is 5.15. The number of nitriles is 1. The summed E-state index contributed by atoms with van der Waals surface area (Å²) in [6, 6.07) is 6.97. The molecule has 0 saturated heterocycles.